The van der Waals surface area contributed by atoms with Crippen molar-refractivity contribution in [2.45, 2.75) is 34.1 Å². The van der Waals surface area contributed by atoms with E-state index in [-0.39, 0.29) is 5.91 Å². The van der Waals surface area contributed by atoms with Crippen molar-refractivity contribution in [1.82, 2.24) is 9.99 Å². The lowest BCUT2D eigenvalue weighted by Gasteiger charge is -2.17. The number of carbonyl (C=O) groups excluding carboxylic acids is 1. The molecule has 0 bridgehead atoms. The summed E-state index contributed by atoms with van der Waals surface area (Å²) in [6.07, 6.45) is 2.65. The van der Waals surface area contributed by atoms with Crippen LogP contribution in [0.4, 0.5) is 0 Å². The molecule has 0 radical (unpaired) electrons. The van der Waals surface area contributed by atoms with Crippen LogP contribution in [0.5, 0.6) is 0 Å². The number of nitrogens with zero attached hydrogens (tertiary/aromatic N) is 2. The Balaban J connectivity index is 1.87. The second kappa shape index (κ2) is 8.44. The van der Waals surface area contributed by atoms with Crippen LogP contribution in [0.15, 0.2) is 53.6 Å². The summed E-state index contributed by atoms with van der Waals surface area (Å²) in [7, 11) is 0. The topological polar surface area (TPSA) is 46.4 Å². The van der Waals surface area contributed by atoms with Gasteiger partial charge in [-0.2, -0.15) is 5.10 Å². The third kappa shape index (κ3) is 4.02. The van der Waals surface area contributed by atoms with E-state index in [0.717, 1.165) is 23.4 Å². The Morgan fingerprint density at radius 2 is 1.89 bits per heavy atom. The Hall–Kier alpha value is -2.85. The van der Waals surface area contributed by atoms with Crippen molar-refractivity contribution in [3.8, 4) is 5.69 Å². The largest absolute Gasteiger partial charge is 0.317 e. The van der Waals surface area contributed by atoms with E-state index in [1.807, 2.05) is 0 Å². The molecule has 0 unspecified atom stereocenters. The zero-order chi connectivity index (χ0) is 20.3. The Bertz CT molecular complexity index is 1050. The maximum atomic E-state index is 12.2. The zero-order valence-corrected chi connectivity index (χ0v) is 17.3. The number of benzene rings is 2. The summed E-state index contributed by atoms with van der Waals surface area (Å²) in [5, 5.41) is 4.66. The number of hydrogen-bond donors (Lipinski definition) is 1. The van der Waals surface area contributed by atoms with E-state index in [1.54, 1.807) is 30.5 Å². The molecule has 0 saturated carbocycles. The Morgan fingerprint density at radius 1 is 1.14 bits per heavy atom. The number of aromatic nitrogens is 1. The number of nitrogens with one attached hydrogen (secondary N) is 1. The van der Waals surface area contributed by atoms with Crippen molar-refractivity contribution in [2.24, 2.45) is 5.10 Å². The minimum Gasteiger partial charge on any atom is -0.317 e. The molecule has 0 saturated heterocycles. The second-order valence-corrected chi connectivity index (χ2v) is 7.24. The standard InChI is InChI=1S/C23H24ClN3O/c1-5-18-9-6-8-15(2)22(18)27-16(3)12-20(17(27)4)14-25-26-23(28)19-10-7-11-21(24)13-19/h6-14H,5H2,1-4H3,(H,26,28)/b25-14-. The minimum atomic E-state index is -0.292. The van der Waals surface area contributed by atoms with Gasteiger partial charge < -0.3 is 4.57 Å². The van der Waals surface area contributed by atoms with Crippen molar-refractivity contribution in [1.29, 1.82) is 0 Å². The molecule has 5 heteroatoms. The summed E-state index contributed by atoms with van der Waals surface area (Å²) in [4.78, 5) is 12.2. The smallest absolute Gasteiger partial charge is 0.271 e. The average Bonchev–Trinajstić information content (AvgIpc) is 2.95. The van der Waals surface area contributed by atoms with Gasteiger partial charge in [-0.1, -0.05) is 42.8 Å². The first kappa shape index (κ1) is 19.9. The van der Waals surface area contributed by atoms with E-state index >= 15 is 0 Å². The van der Waals surface area contributed by atoms with Crippen LogP contribution in [0, 0.1) is 20.8 Å². The number of para-hydroxylation sites is 1. The number of rotatable bonds is 5. The molecule has 0 aliphatic heterocycles. The third-order valence-corrected chi connectivity index (χ3v) is 5.09. The quantitative estimate of drug-likeness (QED) is 0.459. The van der Waals surface area contributed by atoms with Gasteiger partial charge in [0.2, 0.25) is 0 Å². The Kier molecular flexibility index (Phi) is 6.00. The number of aryl methyl sites for hydroxylation is 3. The second-order valence-electron chi connectivity index (χ2n) is 6.81. The van der Waals surface area contributed by atoms with Crippen molar-refractivity contribution in [3.05, 3.63) is 87.2 Å². The lowest BCUT2D eigenvalue weighted by molar-refractivity contribution is 0.0955. The SMILES string of the molecule is CCc1cccc(C)c1-n1c(C)cc(/C=N\NC(=O)c2cccc(Cl)c2)c1C. The zero-order valence-electron chi connectivity index (χ0n) is 16.6. The maximum Gasteiger partial charge on any atom is 0.271 e. The molecule has 1 N–H and O–H groups in total. The normalized spacial score (nSPS) is 11.2. The number of carbonyl (C=O) groups is 1. The monoisotopic (exact) mass is 393 g/mol. The van der Waals surface area contributed by atoms with Crippen LogP contribution in [-0.4, -0.2) is 16.7 Å². The van der Waals surface area contributed by atoms with E-state index in [1.165, 1.54) is 16.8 Å². The first-order valence-electron chi connectivity index (χ1n) is 9.29. The van der Waals surface area contributed by atoms with Gasteiger partial charge in [0.1, 0.15) is 0 Å². The van der Waals surface area contributed by atoms with Crippen molar-refractivity contribution in [2.75, 3.05) is 0 Å². The molecule has 0 aliphatic carbocycles. The summed E-state index contributed by atoms with van der Waals surface area (Å²) < 4.78 is 2.26. The van der Waals surface area contributed by atoms with Crippen LogP contribution >= 0.6 is 11.6 Å². The molecule has 3 aromatic rings. The van der Waals surface area contributed by atoms with Gasteiger partial charge in [-0.3, -0.25) is 4.79 Å². The fraction of sp³-hybridized carbons (Fsp3) is 0.217. The molecule has 3 rings (SSSR count). The number of hydrogen-bond acceptors (Lipinski definition) is 2. The molecule has 1 heterocycles. The lowest BCUT2D eigenvalue weighted by Crippen LogP contribution is -2.17. The molecule has 4 nitrogen and oxygen atoms in total. The van der Waals surface area contributed by atoms with Gasteiger partial charge >= 0.3 is 0 Å². The molecule has 2 aromatic carbocycles. The highest BCUT2D eigenvalue weighted by Crippen LogP contribution is 2.26. The Labute approximate surface area is 170 Å². The summed E-state index contributed by atoms with van der Waals surface area (Å²) in [6.45, 7) is 8.45. The van der Waals surface area contributed by atoms with Crippen molar-refractivity contribution >= 4 is 23.7 Å². The van der Waals surface area contributed by atoms with Crippen molar-refractivity contribution in [3.63, 3.8) is 0 Å². The summed E-state index contributed by atoms with van der Waals surface area (Å²) in [6, 6.07) is 15.3. The molecule has 1 aromatic heterocycles. The molecule has 0 spiro atoms. The van der Waals surface area contributed by atoms with Gasteiger partial charge in [0.05, 0.1) is 11.9 Å². The van der Waals surface area contributed by atoms with Gasteiger partial charge in [-0.05, 0) is 62.6 Å². The fourth-order valence-electron chi connectivity index (χ4n) is 3.44. The van der Waals surface area contributed by atoms with Gasteiger partial charge in [-0.25, -0.2) is 5.43 Å². The first-order valence-corrected chi connectivity index (χ1v) is 9.67. The van der Waals surface area contributed by atoms with E-state index in [9.17, 15) is 4.79 Å². The summed E-state index contributed by atoms with van der Waals surface area (Å²) in [5.41, 5.74) is 9.99. The lowest BCUT2D eigenvalue weighted by atomic mass is 10.1. The predicted molar refractivity (Wildman–Crippen MR) is 116 cm³/mol. The molecule has 28 heavy (non-hydrogen) atoms. The van der Waals surface area contributed by atoms with Crippen LogP contribution in [0.3, 0.4) is 0 Å². The minimum absolute atomic E-state index is 0.292. The average molecular weight is 394 g/mol. The third-order valence-electron chi connectivity index (χ3n) is 4.85. The van der Waals surface area contributed by atoms with Gasteiger partial charge in [0.15, 0.2) is 0 Å². The van der Waals surface area contributed by atoms with Crippen molar-refractivity contribution < 1.29 is 4.79 Å². The number of amides is 1. The fourth-order valence-corrected chi connectivity index (χ4v) is 3.63. The molecule has 0 aliphatic rings. The predicted octanol–water partition coefficient (Wildman–Crippen LogP) is 5.38. The van der Waals surface area contributed by atoms with E-state index in [4.69, 9.17) is 11.6 Å². The van der Waals surface area contributed by atoms with E-state index in [2.05, 4.69) is 67.1 Å². The number of hydrazone groups is 1. The molecule has 0 atom stereocenters. The van der Waals surface area contributed by atoms with Crippen LogP contribution in [-0.2, 0) is 6.42 Å². The van der Waals surface area contributed by atoms with Gasteiger partial charge in [-0.15, -0.1) is 0 Å². The molecule has 1 amide bonds. The van der Waals surface area contributed by atoms with Crippen LogP contribution in [0.2, 0.25) is 5.02 Å². The molecule has 0 fully saturated rings. The first-order chi connectivity index (χ1) is 13.4. The van der Waals surface area contributed by atoms with Crippen LogP contribution < -0.4 is 5.43 Å². The highest BCUT2D eigenvalue weighted by Gasteiger charge is 2.14. The van der Waals surface area contributed by atoms with E-state index in [0.29, 0.717) is 10.6 Å². The van der Waals surface area contributed by atoms with Gasteiger partial charge in [0, 0.05) is 27.5 Å². The Morgan fingerprint density at radius 3 is 2.61 bits per heavy atom. The molecular weight excluding hydrogens is 370 g/mol. The number of halogens is 1. The summed E-state index contributed by atoms with van der Waals surface area (Å²) >= 11 is 5.93. The van der Waals surface area contributed by atoms with E-state index < -0.39 is 0 Å². The highest BCUT2D eigenvalue weighted by atomic mass is 35.5. The molecular formula is C23H24ClN3O. The maximum absolute atomic E-state index is 12.2. The van der Waals surface area contributed by atoms with Crippen LogP contribution in [0.1, 0.15) is 45.4 Å². The molecule has 144 valence electrons. The van der Waals surface area contributed by atoms with Gasteiger partial charge in [0.25, 0.3) is 5.91 Å². The van der Waals surface area contributed by atoms with Crippen LogP contribution in [0.25, 0.3) is 5.69 Å². The summed E-state index contributed by atoms with van der Waals surface area (Å²) in [5.74, 6) is -0.292. The highest BCUT2D eigenvalue weighted by molar-refractivity contribution is 6.30.